The normalized spacial score (nSPS) is 12.8. The van der Waals surface area contributed by atoms with E-state index in [2.05, 4.69) is 36.0 Å². The first kappa shape index (κ1) is 19.5. The summed E-state index contributed by atoms with van der Waals surface area (Å²) in [5, 5.41) is 4.87. The van der Waals surface area contributed by atoms with E-state index in [1.807, 2.05) is 24.3 Å². The number of rotatable bonds is 8. The molecule has 0 saturated heterocycles. The molecule has 0 aliphatic carbocycles. The molecule has 0 spiro atoms. The highest BCUT2D eigenvalue weighted by Crippen LogP contribution is 2.33. The zero-order valence-corrected chi connectivity index (χ0v) is 16.2. The number of nitrogens with one attached hydrogen (secondary N) is 1. The highest BCUT2D eigenvalue weighted by atomic mass is 19.1. The molecule has 3 nitrogen and oxygen atoms in total. The minimum Gasteiger partial charge on any atom is -0.381 e. The van der Waals surface area contributed by atoms with Crippen LogP contribution < -0.4 is 5.32 Å². The first-order valence-corrected chi connectivity index (χ1v) is 9.69. The summed E-state index contributed by atoms with van der Waals surface area (Å²) in [6.07, 6.45) is 2.05. The predicted octanol–water partition coefficient (Wildman–Crippen LogP) is 5.59. The molecular formula is C22H27F2N3. The molecule has 1 atom stereocenters. The van der Waals surface area contributed by atoms with Crippen molar-refractivity contribution in [3.63, 3.8) is 0 Å². The minimum atomic E-state index is -0.631. The molecule has 1 unspecified atom stereocenters. The smallest absolute Gasteiger partial charge is 0.152 e. The zero-order valence-electron chi connectivity index (χ0n) is 16.2. The molecule has 1 N–H and O–H groups in total. The van der Waals surface area contributed by atoms with Crippen molar-refractivity contribution in [3.05, 3.63) is 48.0 Å². The Balaban J connectivity index is 1.91. The predicted molar refractivity (Wildman–Crippen MR) is 109 cm³/mol. The molecule has 0 saturated carbocycles. The Kier molecular flexibility index (Phi) is 6.22. The summed E-state index contributed by atoms with van der Waals surface area (Å²) < 4.78 is 28.2. The molecule has 2 aromatic carbocycles. The van der Waals surface area contributed by atoms with Gasteiger partial charge in [-0.2, -0.15) is 0 Å². The Labute approximate surface area is 159 Å². The van der Waals surface area contributed by atoms with Crippen molar-refractivity contribution in [1.29, 1.82) is 0 Å². The molecule has 27 heavy (non-hydrogen) atoms. The number of halogens is 2. The Morgan fingerprint density at radius 1 is 1.07 bits per heavy atom. The second kappa shape index (κ2) is 8.61. The third kappa shape index (κ3) is 4.35. The van der Waals surface area contributed by atoms with Crippen LogP contribution in [0.25, 0.3) is 21.8 Å². The molecule has 0 fully saturated rings. The van der Waals surface area contributed by atoms with Crippen molar-refractivity contribution in [2.45, 2.75) is 39.7 Å². The highest BCUT2D eigenvalue weighted by molar-refractivity contribution is 6.07. The van der Waals surface area contributed by atoms with Gasteiger partial charge in [-0.15, -0.1) is 0 Å². The van der Waals surface area contributed by atoms with E-state index >= 15 is 0 Å². The second-order valence-electron chi connectivity index (χ2n) is 7.00. The Hall–Kier alpha value is -2.27. The topological polar surface area (TPSA) is 28.2 Å². The van der Waals surface area contributed by atoms with E-state index in [9.17, 15) is 8.78 Å². The van der Waals surface area contributed by atoms with Crippen molar-refractivity contribution in [1.82, 2.24) is 9.88 Å². The Morgan fingerprint density at radius 2 is 1.81 bits per heavy atom. The van der Waals surface area contributed by atoms with Crippen LogP contribution in [0.2, 0.25) is 0 Å². The number of nitrogens with zero attached hydrogens (tertiary/aromatic N) is 2. The number of para-hydroxylation sites is 1. The van der Waals surface area contributed by atoms with Crippen LogP contribution in [0.5, 0.6) is 0 Å². The number of fused-ring (bicyclic) bond motifs is 2. The summed E-state index contributed by atoms with van der Waals surface area (Å²) in [4.78, 5) is 6.80. The van der Waals surface area contributed by atoms with Crippen molar-refractivity contribution in [3.8, 4) is 0 Å². The fourth-order valence-corrected chi connectivity index (χ4v) is 3.55. The number of benzene rings is 2. The van der Waals surface area contributed by atoms with Gasteiger partial charge in [0.05, 0.1) is 11.2 Å². The van der Waals surface area contributed by atoms with Gasteiger partial charge in [0.25, 0.3) is 0 Å². The SMILES string of the molecule is CCN(CC)CCCC(C)Nc1c2ccccc2nc2c(F)cc(F)cc12. The van der Waals surface area contributed by atoms with Gasteiger partial charge in [0.15, 0.2) is 5.82 Å². The molecule has 0 amide bonds. The van der Waals surface area contributed by atoms with E-state index in [-0.39, 0.29) is 11.6 Å². The third-order valence-electron chi connectivity index (χ3n) is 5.10. The number of pyridine rings is 1. The van der Waals surface area contributed by atoms with Gasteiger partial charge in [-0.3, -0.25) is 0 Å². The van der Waals surface area contributed by atoms with Gasteiger partial charge in [-0.25, -0.2) is 13.8 Å². The molecule has 0 bridgehead atoms. The molecule has 0 radical (unpaired) electrons. The quantitative estimate of drug-likeness (QED) is 0.523. The lowest BCUT2D eigenvalue weighted by Gasteiger charge is -2.21. The van der Waals surface area contributed by atoms with E-state index in [4.69, 9.17) is 0 Å². The lowest BCUT2D eigenvalue weighted by Crippen LogP contribution is -2.25. The zero-order chi connectivity index (χ0) is 19.4. The minimum absolute atomic E-state index is 0.181. The standard InChI is InChI=1S/C22H27F2N3/c1-4-27(5-2)12-8-9-15(3)25-21-17-10-6-7-11-20(17)26-22-18(21)13-16(23)14-19(22)24/h6-7,10-11,13-15H,4-5,8-9,12H2,1-3H3,(H,25,26). The van der Waals surface area contributed by atoms with Crippen LogP contribution in [-0.2, 0) is 0 Å². The number of hydrogen-bond acceptors (Lipinski definition) is 3. The highest BCUT2D eigenvalue weighted by Gasteiger charge is 2.15. The average molecular weight is 371 g/mol. The van der Waals surface area contributed by atoms with Crippen LogP contribution in [0.1, 0.15) is 33.6 Å². The summed E-state index contributed by atoms with van der Waals surface area (Å²) in [5.74, 6) is -1.22. The van der Waals surface area contributed by atoms with E-state index in [1.54, 1.807) is 0 Å². The van der Waals surface area contributed by atoms with E-state index in [1.165, 1.54) is 6.07 Å². The molecule has 5 heteroatoms. The number of hydrogen-bond donors (Lipinski definition) is 1. The van der Waals surface area contributed by atoms with Gasteiger partial charge < -0.3 is 10.2 Å². The van der Waals surface area contributed by atoms with Crippen LogP contribution in [0, 0.1) is 11.6 Å². The maximum absolute atomic E-state index is 14.3. The summed E-state index contributed by atoms with van der Waals surface area (Å²) in [6, 6.07) is 10.0. The fraction of sp³-hybridized carbons (Fsp3) is 0.409. The molecule has 144 valence electrons. The van der Waals surface area contributed by atoms with Gasteiger partial charge in [0, 0.05) is 22.9 Å². The Morgan fingerprint density at radius 3 is 2.56 bits per heavy atom. The van der Waals surface area contributed by atoms with E-state index < -0.39 is 11.6 Å². The maximum Gasteiger partial charge on any atom is 0.152 e. The maximum atomic E-state index is 14.3. The summed E-state index contributed by atoms with van der Waals surface area (Å²) in [7, 11) is 0. The lowest BCUT2D eigenvalue weighted by molar-refractivity contribution is 0.295. The van der Waals surface area contributed by atoms with Gasteiger partial charge in [0.2, 0.25) is 0 Å². The molecule has 3 aromatic rings. The largest absolute Gasteiger partial charge is 0.381 e. The van der Waals surface area contributed by atoms with Crippen LogP contribution in [-0.4, -0.2) is 35.6 Å². The van der Waals surface area contributed by atoms with Gasteiger partial charge >= 0.3 is 0 Å². The summed E-state index contributed by atoms with van der Waals surface area (Å²) in [6.45, 7) is 9.61. The van der Waals surface area contributed by atoms with Crippen LogP contribution in [0.15, 0.2) is 36.4 Å². The number of anilines is 1. The van der Waals surface area contributed by atoms with Gasteiger partial charge in [0.1, 0.15) is 11.3 Å². The summed E-state index contributed by atoms with van der Waals surface area (Å²) >= 11 is 0. The monoisotopic (exact) mass is 371 g/mol. The van der Waals surface area contributed by atoms with Crippen molar-refractivity contribution >= 4 is 27.5 Å². The third-order valence-corrected chi connectivity index (χ3v) is 5.10. The van der Waals surface area contributed by atoms with Crippen molar-refractivity contribution < 1.29 is 8.78 Å². The molecule has 1 heterocycles. The van der Waals surface area contributed by atoms with E-state index in [0.717, 1.165) is 49.6 Å². The van der Waals surface area contributed by atoms with Crippen LogP contribution in [0.4, 0.5) is 14.5 Å². The van der Waals surface area contributed by atoms with E-state index in [0.29, 0.717) is 10.9 Å². The molecule has 0 aliphatic rings. The first-order chi connectivity index (χ1) is 13.0. The van der Waals surface area contributed by atoms with Crippen LogP contribution >= 0.6 is 0 Å². The van der Waals surface area contributed by atoms with Gasteiger partial charge in [-0.05, 0) is 51.5 Å². The first-order valence-electron chi connectivity index (χ1n) is 9.69. The fourth-order valence-electron chi connectivity index (χ4n) is 3.55. The van der Waals surface area contributed by atoms with Crippen molar-refractivity contribution in [2.75, 3.05) is 25.0 Å². The number of aromatic nitrogens is 1. The molecule has 0 aliphatic heterocycles. The lowest BCUT2D eigenvalue weighted by atomic mass is 10.1. The van der Waals surface area contributed by atoms with Gasteiger partial charge in [-0.1, -0.05) is 32.0 Å². The molecular weight excluding hydrogens is 344 g/mol. The van der Waals surface area contributed by atoms with Crippen LogP contribution in [0.3, 0.4) is 0 Å². The van der Waals surface area contributed by atoms with Crippen molar-refractivity contribution in [2.24, 2.45) is 0 Å². The molecule has 1 aromatic heterocycles. The Bertz CT molecular complexity index is 922. The summed E-state index contributed by atoms with van der Waals surface area (Å²) in [5.41, 5.74) is 1.66. The second-order valence-corrected chi connectivity index (χ2v) is 7.00. The average Bonchev–Trinajstić information content (AvgIpc) is 2.66. The molecule has 3 rings (SSSR count).